The van der Waals surface area contributed by atoms with Gasteiger partial charge in [0.15, 0.2) is 0 Å². The normalized spacial score (nSPS) is 12.1. The molecule has 0 aliphatic carbocycles. The molecule has 3 aromatic rings. The zero-order valence-electron chi connectivity index (χ0n) is 12.6. The predicted molar refractivity (Wildman–Crippen MR) is 90.1 cm³/mol. The van der Waals surface area contributed by atoms with Gasteiger partial charge in [-0.1, -0.05) is 6.07 Å². The Kier molecular flexibility index (Phi) is 4.20. The number of fused-ring (bicyclic) bond motifs is 1. The molecular weight excluding hydrogens is 294 g/mol. The van der Waals surface area contributed by atoms with Gasteiger partial charge in [0, 0.05) is 18.4 Å². The van der Waals surface area contributed by atoms with E-state index in [0.29, 0.717) is 22.8 Å². The molecule has 1 atom stereocenters. The number of hydrogen-bond donors (Lipinski definition) is 4. The number of aliphatic hydroxyl groups is 1. The van der Waals surface area contributed by atoms with E-state index in [1.807, 2.05) is 25.1 Å². The lowest BCUT2D eigenvalue weighted by molar-refractivity contribution is 0.281. The number of H-pyrrole nitrogens is 1. The molecule has 7 heteroatoms. The maximum atomic E-state index is 12.1. The molecular formula is C16H17N5O2. The van der Waals surface area contributed by atoms with Crippen molar-refractivity contribution in [3.05, 3.63) is 53.1 Å². The molecule has 3 heterocycles. The Labute approximate surface area is 132 Å². The highest BCUT2D eigenvalue weighted by molar-refractivity contribution is 5.93. The molecule has 0 spiro atoms. The Morgan fingerprint density at radius 2 is 2.17 bits per heavy atom. The van der Waals surface area contributed by atoms with Gasteiger partial charge in [-0.25, -0.2) is 9.97 Å². The number of pyridine rings is 3. The number of nitrogens with one attached hydrogen (secondary N) is 3. The average molecular weight is 311 g/mol. The van der Waals surface area contributed by atoms with Crippen LogP contribution in [0.4, 0.5) is 17.5 Å². The molecule has 23 heavy (non-hydrogen) atoms. The van der Waals surface area contributed by atoms with Crippen LogP contribution in [0.15, 0.2) is 47.5 Å². The lowest BCUT2D eigenvalue weighted by atomic mass is 10.2. The Morgan fingerprint density at radius 1 is 1.30 bits per heavy atom. The fourth-order valence-corrected chi connectivity index (χ4v) is 2.23. The number of aliphatic hydroxyl groups excluding tert-OH is 1. The summed E-state index contributed by atoms with van der Waals surface area (Å²) in [7, 11) is 0. The van der Waals surface area contributed by atoms with Crippen LogP contribution >= 0.6 is 0 Å². The zero-order chi connectivity index (χ0) is 16.2. The molecule has 0 aliphatic heterocycles. The lowest BCUT2D eigenvalue weighted by Gasteiger charge is -2.15. The van der Waals surface area contributed by atoms with Gasteiger partial charge in [0.1, 0.15) is 17.5 Å². The highest BCUT2D eigenvalue weighted by Crippen LogP contribution is 2.23. The summed E-state index contributed by atoms with van der Waals surface area (Å²) in [4.78, 5) is 23.4. The average Bonchev–Trinajstić information content (AvgIpc) is 2.55. The van der Waals surface area contributed by atoms with Crippen molar-refractivity contribution in [1.29, 1.82) is 0 Å². The molecule has 0 saturated carbocycles. The van der Waals surface area contributed by atoms with Crippen LogP contribution in [0, 0.1) is 0 Å². The van der Waals surface area contributed by atoms with E-state index in [0.717, 1.165) is 5.39 Å². The lowest BCUT2D eigenvalue weighted by Crippen LogP contribution is -2.22. The first kappa shape index (κ1) is 15.0. The maximum Gasteiger partial charge on any atom is 0.259 e. The SMILES string of the molecule is CC(CO)Nc1nc(Nc2ccccn2)cc2cc[nH]c(=O)c12. The minimum absolute atomic E-state index is 0.0637. The number of aromatic nitrogens is 3. The first-order valence-electron chi connectivity index (χ1n) is 7.25. The Hall–Kier alpha value is -2.93. The second kappa shape index (κ2) is 6.45. The molecule has 0 radical (unpaired) electrons. The van der Waals surface area contributed by atoms with Crippen molar-refractivity contribution in [2.45, 2.75) is 13.0 Å². The molecule has 4 N–H and O–H groups in total. The first-order chi connectivity index (χ1) is 11.2. The molecule has 7 nitrogen and oxygen atoms in total. The van der Waals surface area contributed by atoms with Gasteiger partial charge in [-0.05, 0) is 36.6 Å². The second-order valence-corrected chi connectivity index (χ2v) is 5.20. The van der Waals surface area contributed by atoms with Gasteiger partial charge in [-0.2, -0.15) is 0 Å². The topological polar surface area (TPSA) is 103 Å². The van der Waals surface area contributed by atoms with Crippen LogP contribution in [0.2, 0.25) is 0 Å². The second-order valence-electron chi connectivity index (χ2n) is 5.20. The summed E-state index contributed by atoms with van der Waals surface area (Å²) in [6.45, 7) is 1.75. The van der Waals surface area contributed by atoms with E-state index < -0.39 is 0 Å². The van der Waals surface area contributed by atoms with Gasteiger partial charge in [0.2, 0.25) is 0 Å². The molecule has 0 aromatic carbocycles. The molecule has 0 saturated heterocycles. The summed E-state index contributed by atoms with van der Waals surface area (Å²) in [6, 6.07) is 8.89. The fraction of sp³-hybridized carbons (Fsp3) is 0.188. The van der Waals surface area contributed by atoms with Gasteiger partial charge in [0.25, 0.3) is 5.56 Å². The molecule has 0 bridgehead atoms. The Morgan fingerprint density at radius 3 is 2.91 bits per heavy atom. The van der Waals surface area contributed by atoms with Gasteiger partial charge < -0.3 is 20.7 Å². The molecule has 3 aromatic heterocycles. The van der Waals surface area contributed by atoms with Gasteiger partial charge >= 0.3 is 0 Å². The van der Waals surface area contributed by atoms with E-state index in [1.54, 1.807) is 24.5 Å². The summed E-state index contributed by atoms with van der Waals surface area (Å²) >= 11 is 0. The summed E-state index contributed by atoms with van der Waals surface area (Å²) < 4.78 is 0. The van der Waals surface area contributed by atoms with Crippen LogP contribution in [0.5, 0.6) is 0 Å². The Bertz CT molecular complexity index is 863. The largest absolute Gasteiger partial charge is 0.394 e. The standard InChI is InChI=1S/C16H17N5O2/c1-10(9-22)19-15-14-11(5-7-18-16(14)23)8-13(21-15)20-12-4-2-3-6-17-12/h2-8,10,22H,9H2,1H3,(H,18,23)(H2,17,19,20,21). The number of anilines is 3. The highest BCUT2D eigenvalue weighted by atomic mass is 16.3. The van der Waals surface area contributed by atoms with Crippen LogP contribution < -0.4 is 16.2 Å². The van der Waals surface area contributed by atoms with Crippen LogP contribution in [0.25, 0.3) is 10.8 Å². The maximum absolute atomic E-state index is 12.1. The third kappa shape index (κ3) is 3.29. The smallest absolute Gasteiger partial charge is 0.259 e. The number of rotatable bonds is 5. The minimum Gasteiger partial charge on any atom is -0.394 e. The third-order valence-corrected chi connectivity index (χ3v) is 3.33. The zero-order valence-corrected chi connectivity index (χ0v) is 12.6. The Balaban J connectivity index is 2.08. The van der Waals surface area contributed by atoms with Crippen LogP contribution in [0.3, 0.4) is 0 Å². The van der Waals surface area contributed by atoms with Gasteiger partial charge in [-0.15, -0.1) is 0 Å². The van der Waals surface area contributed by atoms with E-state index in [9.17, 15) is 9.90 Å². The quantitative estimate of drug-likeness (QED) is 0.573. The van der Waals surface area contributed by atoms with Crippen molar-refractivity contribution in [3.63, 3.8) is 0 Å². The molecule has 0 amide bonds. The highest BCUT2D eigenvalue weighted by Gasteiger charge is 2.12. The van der Waals surface area contributed by atoms with Gasteiger partial charge in [0.05, 0.1) is 12.0 Å². The number of nitrogens with zero attached hydrogens (tertiary/aromatic N) is 2. The third-order valence-electron chi connectivity index (χ3n) is 3.33. The monoisotopic (exact) mass is 311 g/mol. The molecule has 118 valence electrons. The molecule has 1 unspecified atom stereocenters. The summed E-state index contributed by atoms with van der Waals surface area (Å²) in [5.74, 6) is 1.64. The van der Waals surface area contributed by atoms with Crippen molar-refractivity contribution < 1.29 is 5.11 Å². The van der Waals surface area contributed by atoms with Crippen LogP contribution in [0.1, 0.15) is 6.92 Å². The summed E-state index contributed by atoms with van der Waals surface area (Å²) in [5, 5.41) is 16.6. The van der Waals surface area contributed by atoms with E-state index >= 15 is 0 Å². The van der Waals surface area contributed by atoms with E-state index in [1.165, 1.54) is 0 Å². The van der Waals surface area contributed by atoms with Crippen molar-refractivity contribution in [1.82, 2.24) is 15.0 Å². The van der Waals surface area contributed by atoms with E-state index in [-0.39, 0.29) is 18.2 Å². The summed E-state index contributed by atoms with van der Waals surface area (Å²) in [6.07, 6.45) is 3.27. The van der Waals surface area contributed by atoms with Crippen LogP contribution in [-0.2, 0) is 0 Å². The van der Waals surface area contributed by atoms with Crippen LogP contribution in [-0.4, -0.2) is 32.7 Å². The van der Waals surface area contributed by atoms with E-state index in [4.69, 9.17) is 0 Å². The molecule has 3 rings (SSSR count). The van der Waals surface area contributed by atoms with Crippen molar-refractivity contribution in [3.8, 4) is 0 Å². The molecule has 0 fully saturated rings. The summed E-state index contributed by atoms with van der Waals surface area (Å²) in [5.41, 5.74) is -0.230. The predicted octanol–water partition coefficient (Wildman–Crippen LogP) is 1.85. The van der Waals surface area contributed by atoms with Crippen molar-refractivity contribution >= 4 is 28.2 Å². The molecule has 0 aliphatic rings. The van der Waals surface area contributed by atoms with Crippen molar-refractivity contribution in [2.24, 2.45) is 0 Å². The minimum atomic E-state index is -0.230. The number of hydrogen-bond acceptors (Lipinski definition) is 6. The van der Waals surface area contributed by atoms with E-state index in [2.05, 4.69) is 25.6 Å². The number of aromatic amines is 1. The van der Waals surface area contributed by atoms with Gasteiger partial charge in [-0.3, -0.25) is 4.79 Å². The van der Waals surface area contributed by atoms with Crippen molar-refractivity contribution in [2.75, 3.05) is 17.2 Å². The fourth-order valence-electron chi connectivity index (χ4n) is 2.23. The first-order valence-corrected chi connectivity index (χ1v) is 7.25.